The van der Waals surface area contributed by atoms with Gasteiger partial charge in [0.25, 0.3) is 5.91 Å². The minimum Gasteiger partial charge on any atom is -0.378 e. The summed E-state index contributed by atoms with van der Waals surface area (Å²) in [4.78, 5) is 27.0. The van der Waals surface area contributed by atoms with E-state index in [1.54, 1.807) is 36.4 Å². The molecule has 1 amide bonds. The molecule has 2 heterocycles. The summed E-state index contributed by atoms with van der Waals surface area (Å²) < 4.78 is 7.28. The smallest absolute Gasteiger partial charge is 0.255 e. The molecule has 9 heteroatoms. The minimum absolute atomic E-state index is 0.0122. The number of anilines is 2. The lowest BCUT2D eigenvalue weighted by Gasteiger charge is -2.27. The Labute approximate surface area is 184 Å². The van der Waals surface area contributed by atoms with Gasteiger partial charge in [0.15, 0.2) is 10.9 Å². The van der Waals surface area contributed by atoms with Gasteiger partial charge in [-0.05, 0) is 36.4 Å². The number of morpholine rings is 1. The molecule has 2 aromatic carbocycles. The highest BCUT2D eigenvalue weighted by molar-refractivity contribution is 7.99. The van der Waals surface area contributed by atoms with Gasteiger partial charge in [0.05, 0.1) is 19.0 Å². The number of benzene rings is 2. The van der Waals surface area contributed by atoms with Gasteiger partial charge in [-0.2, -0.15) is 0 Å². The van der Waals surface area contributed by atoms with Crippen molar-refractivity contribution in [2.75, 3.05) is 42.3 Å². The summed E-state index contributed by atoms with van der Waals surface area (Å²) in [5.74, 6) is 0.845. The van der Waals surface area contributed by atoms with Crippen LogP contribution in [0.2, 0.25) is 0 Å². The molecule has 1 fully saturated rings. The summed E-state index contributed by atoms with van der Waals surface area (Å²) >= 11 is 1.36. The number of thioether (sulfide) groups is 1. The van der Waals surface area contributed by atoms with Gasteiger partial charge in [-0.3, -0.25) is 14.2 Å². The molecule has 3 aromatic rings. The Kier molecular flexibility index (Phi) is 6.63. The van der Waals surface area contributed by atoms with Gasteiger partial charge < -0.3 is 15.0 Å². The molecule has 0 saturated carbocycles. The van der Waals surface area contributed by atoms with Crippen LogP contribution in [-0.4, -0.2) is 58.5 Å². The standard InChI is InChI=1S/C22H23N5O3S/c1-26-21(27-11-13-30-14-12-27)24-25-22(26)31-15-19(28)16-7-9-18(10-8-16)23-20(29)17-5-3-2-4-6-17/h2-10H,11-15H2,1H3,(H,23,29). The Balaban J connectivity index is 1.33. The molecule has 160 valence electrons. The van der Waals surface area contributed by atoms with E-state index in [2.05, 4.69) is 20.4 Å². The molecule has 0 atom stereocenters. The maximum absolute atomic E-state index is 12.6. The van der Waals surface area contributed by atoms with Crippen molar-refractivity contribution in [2.45, 2.75) is 5.16 Å². The van der Waals surface area contributed by atoms with Crippen molar-refractivity contribution in [3.05, 3.63) is 65.7 Å². The Hall–Kier alpha value is -3.17. The molecule has 8 nitrogen and oxygen atoms in total. The number of hydrogen-bond donors (Lipinski definition) is 1. The fourth-order valence-electron chi connectivity index (χ4n) is 3.22. The Morgan fingerprint density at radius 2 is 1.71 bits per heavy atom. The van der Waals surface area contributed by atoms with Crippen LogP contribution in [0.5, 0.6) is 0 Å². The molecule has 0 radical (unpaired) electrons. The second-order valence-electron chi connectivity index (χ2n) is 7.05. The molecule has 1 aliphatic heterocycles. The number of nitrogens with one attached hydrogen (secondary N) is 1. The molecular weight excluding hydrogens is 414 g/mol. The lowest BCUT2D eigenvalue weighted by Crippen LogP contribution is -2.37. The molecule has 1 N–H and O–H groups in total. The van der Waals surface area contributed by atoms with Crippen LogP contribution < -0.4 is 10.2 Å². The first-order valence-electron chi connectivity index (χ1n) is 9.96. The van der Waals surface area contributed by atoms with Gasteiger partial charge in [0, 0.05) is 37.0 Å². The normalized spacial score (nSPS) is 13.8. The number of aromatic nitrogens is 3. The number of amides is 1. The van der Waals surface area contributed by atoms with E-state index in [0.717, 1.165) is 19.0 Å². The van der Waals surface area contributed by atoms with Crippen molar-refractivity contribution in [3.63, 3.8) is 0 Å². The molecule has 1 aromatic heterocycles. The summed E-state index contributed by atoms with van der Waals surface area (Å²) in [7, 11) is 1.90. The van der Waals surface area contributed by atoms with Crippen molar-refractivity contribution < 1.29 is 14.3 Å². The summed E-state index contributed by atoms with van der Waals surface area (Å²) in [5, 5.41) is 12.0. The second-order valence-corrected chi connectivity index (χ2v) is 7.99. The van der Waals surface area contributed by atoms with Gasteiger partial charge >= 0.3 is 0 Å². The number of ketones is 1. The van der Waals surface area contributed by atoms with Gasteiger partial charge in [-0.15, -0.1) is 10.2 Å². The van der Waals surface area contributed by atoms with Crippen molar-refractivity contribution >= 4 is 35.1 Å². The molecule has 1 saturated heterocycles. The van der Waals surface area contributed by atoms with E-state index < -0.39 is 0 Å². The zero-order chi connectivity index (χ0) is 21.6. The lowest BCUT2D eigenvalue weighted by molar-refractivity contribution is 0.101. The number of Topliss-reactive ketones (excluding diaryl/α,β-unsaturated/α-hetero) is 1. The molecule has 0 aliphatic carbocycles. The number of carbonyl (C=O) groups is 2. The fourth-order valence-corrected chi connectivity index (χ4v) is 4.02. The first kappa shape index (κ1) is 21.1. The van der Waals surface area contributed by atoms with E-state index in [4.69, 9.17) is 4.74 Å². The van der Waals surface area contributed by atoms with Gasteiger partial charge in [0.2, 0.25) is 5.95 Å². The maximum atomic E-state index is 12.6. The van der Waals surface area contributed by atoms with Crippen LogP contribution in [0, 0.1) is 0 Å². The quantitative estimate of drug-likeness (QED) is 0.449. The third-order valence-corrected chi connectivity index (χ3v) is 5.96. The highest BCUT2D eigenvalue weighted by Gasteiger charge is 2.19. The topological polar surface area (TPSA) is 89.3 Å². The first-order valence-corrected chi connectivity index (χ1v) is 10.9. The zero-order valence-electron chi connectivity index (χ0n) is 17.2. The molecule has 1 aliphatic rings. The summed E-state index contributed by atoms with van der Waals surface area (Å²) in [6.45, 7) is 2.91. The van der Waals surface area contributed by atoms with Crippen LogP contribution in [0.4, 0.5) is 11.6 Å². The Bertz CT molecular complexity index is 1050. The first-order chi connectivity index (χ1) is 15.1. The minimum atomic E-state index is -0.186. The Morgan fingerprint density at radius 1 is 1.00 bits per heavy atom. The monoisotopic (exact) mass is 437 g/mol. The number of ether oxygens (including phenoxy) is 1. The molecule has 4 rings (SSSR count). The molecule has 0 spiro atoms. The van der Waals surface area contributed by atoms with E-state index in [9.17, 15) is 9.59 Å². The van der Waals surface area contributed by atoms with Crippen LogP contribution in [0.25, 0.3) is 0 Å². The average molecular weight is 438 g/mol. The molecule has 0 unspecified atom stereocenters. The van der Waals surface area contributed by atoms with Gasteiger partial charge in [-0.25, -0.2) is 0 Å². The summed E-state index contributed by atoms with van der Waals surface area (Å²) in [6, 6.07) is 15.9. The predicted molar refractivity (Wildman–Crippen MR) is 120 cm³/mol. The van der Waals surface area contributed by atoms with Crippen molar-refractivity contribution in [3.8, 4) is 0 Å². The van der Waals surface area contributed by atoms with Crippen LogP contribution in [-0.2, 0) is 11.8 Å². The van der Waals surface area contributed by atoms with E-state index in [-0.39, 0.29) is 17.4 Å². The highest BCUT2D eigenvalue weighted by Crippen LogP contribution is 2.22. The zero-order valence-corrected chi connectivity index (χ0v) is 18.0. The van der Waals surface area contributed by atoms with Gasteiger partial charge in [-0.1, -0.05) is 30.0 Å². The van der Waals surface area contributed by atoms with E-state index in [1.807, 2.05) is 29.8 Å². The van der Waals surface area contributed by atoms with Crippen molar-refractivity contribution in [2.24, 2.45) is 7.05 Å². The van der Waals surface area contributed by atoms with E-state index in [1.165, 1.54) is 11.8 Å². The fraction of sp³-hybridized carbons (Fsp3) is 0.273. The molecule has 0 bridgehead atoms. The Morgan fingerprint density at radius 3 is 2.42 bits per heavy atom. The third kappa shape index (κ3) is 5.12. The average Bonchev–Trinajstić information content (AvgIpc) is 3.19. The van der Waals surface area contributed by atoms with Crippen molar-refractivity contribution in [1.82, 2.24) is 14.8 Å². The largest absolute Gasteiger partial charge is 0.378 e. The van der Waals surface area contributed by atoms with Crippen LogP contribution in [0.1, 0.15) is 20.7 Å². The predicted octanol–water partition coefficient (Wildman–Crippen LogP) is 2.88. The van der Waals surface area contributed by atoms with Crippen LogP contribution >= 0.6 is 11.8 Å². The van der Waals surface area contributed by atoms with Crippen LogP contribution in [0.3, 0.4) is 0 Å². The molecular formula is C22H23N5O3S. The van der Waals surface area contributed by atoms with E-state index in [0.29, 0.717) is 35.2 Å². The molecule has 31 heavy (non-hydrogen) atoms. The lowest BCUT2D eigenvalue weighted by atomic mass is 10.1. The maximum Gasteiger partial charge on any atom is 0.255 e. The number of rotatable bonds is 7. The highest BCUT2D eigenvalue weighted by atomic mass is 32.2. The van der Waals surface area contributed by atoms with Crippen molar-refractivity contribution in [1.29, 1.82) is 0 Å². The van der Waals surface area contributed by atoms with Crippen LogP contribution in [0.15, 0.2) is 59.8 Å². The SMILES string of the molecule is Cn1c(SCC(=O)c2ccc(NC(=O)c3ccccc3)cc2)nnc1N1CCOCC1. The number of carbonyl (C=O) groups excluding carboxylic acids is 2. The second kappa shape index (κ2) is 9.76. The third-order valence-electron chi connectivity index (χ3n) is 4.94. The summed E-state index contributed by atoms with van der Waals surface area (Å²) in [5.41, 5.74) is 1.81. The van der Waals surface area contributed by atoms with E-state index >= 15 is 0 Å². The number of nitrogens with zero attached hydrogens (tertiary/aromatic N) is 4. The van der Waals surface area contributed by atoms with Gasteiger partial charge in [0.1, 0.15) is 0 Å². The summed E-state index contributed by atoms with van der Waals surface area (Å²) in [6.07, 6.45) is 0. The number of hydrogen-bond acceptors (Lipinski definition) is 7.